The van der Waals surface area contributed by atoms with Crippen molar-refractivity contribution in [1.29, 1.82) is 0 Å². The molecule has 1 fully saturated rings. The number of likely N-dealkylation sites (tertiary alicyclic amines) is 1. The second-order valence-electron chi connectivity index (χ2n) is 3.75. The number of alkyl halides is 3. The molecule has 2 atom stereocenters. The Labute approximate surface area is 92.3 Å². The van der Waals surface area contributed by atoms with E-state index in [0.29, 0.717) is 0 Å². The SMILES string of the molecule is COC[C@H]1CC(F)(F)CN1C(=O)[C@H](C)Cl. The Kier molecular flexibility index (Phi) is 3.89. The van der Waals surface area contributed by atoms with Gasteiger partial charge in [-0.1, -0.05) is 0 Å². The summed E-state index contributed by atoms with van der Waals surface area (Å²) in [5.74, 6) is -3.29. The van der Waals surface area contributed by atoms with Crippen molar-refractivity contribution in [1.82, 2.24) is 4.90 Å². The van der Waals surface area contributed by atoms with E-state index in [9.17, 15) is 13.6 Å². The maximum absolute atomic E-state index is 13.1. The molecule has 1 rings (SSSR count). The van der Waals surface area contributed by atoms with E-state index in [2.05, 4.69) is 0 Å². The monoisotopic (exact) mass is 241 g/mol. The second kappa shape index (κ2) is 4.61. The van der Waals surface area contributed by atoms with Gasteiger partial charge in [-0.15, -0.1) is 11.6 Å². The molecule has 88 valence electrons. The number of carbonyl (C=O) groups is 1. The highest BCUT2D eigenvalue weighted by molar-refractivity contribution is 6.30. The zero-order valence-corrected chi connectivity index (χ0v) is 9.43. The molecular weight excluding hydrogens is 228 g/mol. The van der Waals surface area contributed by atoms with E-state index in [-0.39, 0.29) is 13.0 Å². The predicted molar refractivity (Wildman–Crippen MR) is 52.3 cm³/mol. The third-order valence-electron chi connectivity index (χ3n) is 2.36. The number of methoxy groups -OCH3 is 1. The summed E-state index contributed by atoms with van der Waals surface area (Å²) in [6, 6.07) is -0.571. The van der Waals surface area contributed by atoms with E-state index in [1.54, 1.807) is 0 Å². The number of carbonyl (C=O) groups excluding carboxylic acids is 1. The molecule has 1 saturated heterocycles. The number of nitrogens with zero attached hydrogens (tertiary/aromatic N) is 1. The molecule has 0 spiro atoms. The summed E-state index contributed by atoms with van der Waals surface area (Å²) in [6.45, 7) is 1.03. The van der Waals surface area contributed by atoms with E-state index in [0.717, 1.165) is 4.90 Å². The smallest absolute Gasteiger partial charge is 0.267 e. The minimum absolute atomic E-state index is 0.116. The number of hydrogen-bond donors (Lipinski definition) is 0. The van der Waals surface area contributed by atoms with E-state index >= 15 is 0 Å². The van der Waals surface area contributed by atoms with Crippen molar-refractivity contribution in [2.45, 2.75) is 30.7 Å². The Bertz CT molecular complexity index is 248. The number of amides is 1. The molecule has 0 unspecified atom stereocenters. The topological polar surface area (TPSA) is 29.5 Å². The molecule has 0 aromatic heterocycles. The number of rotatable bonds is 3. The summed E-state index contributed by atoms with van der Waals surface area (Å²) in [5, 5.41) is -0.779. The first-order chi connectivity index (χ1) is 6.87. The lowest BCUT2D eigenvalue weighted by molar-refractivity contribution is -0.133. The second-order valence-corrected chi connectivity index (χ2v) is 4.41. The number of halogens is 3. The van der Waals surface area contributed by atoms with E-state index in [1.807, 2.05) is 0 Å². The lowest BCUT2D eigenvalue weighted by atomic mass is 10.2. The highest BCUT2D eigenvalue weighted by Gasteiger charge is 2.47. The van der Waals surface area contributed by atoms with Crippen LogP contribution in [0, 0.1) is 0 Å². The molecule has 0 aliphatic carbocycles. The molecule has 0 saturated carbocycles. The summed E-state index contributed by atoms with van der Waals surface area (Å²) < 4.78 is 31.0. The van der Waals surface area contributed by atoms with Crippen LogP contribution in [-0.2, 0) is 9.53 Å². The standard InChI is InChI=1S/C9H14ClF2NO2/c1-6(10)8(14)13-5-9(11,12)3-7(13)4-15-2/h6-7H,3-5H2,1-2H3/t6-,7+/m0/s1. The van der Waals surface area contributed by atoms with Gasteiger partial charge in [-0.3, -0.25) is 4.79 Å². The molecule has 6 heteroatoms. The molecule has 0 N–H and O–H groups in total. The van der Waals surface area contributed by atoms with Gasteiger partial charge in [0.2, 0.25) is 5.91 Å². The molecule has 0 bridgehead atoms. The van der Waals surface area contributed by atoms with Crippen LogP contribution in [0.15, 0.2) is 0 Å². The Morgan fingerprint density at radius 2 is 2.33 bits per heavy atom. The zero-order chi connectivity index (χ0) is 11.6. The largest absolute Gasteiger partial charge is 0.383 e. The Morgan fingerprint density at radius 3 is 2.80 bits per heavy atom. The molecule has 1 heterocycles. The quantitative estimate of drug-likeness (QED) is 0.701. The predicted octanol–water partition coefficient (Wildman–Crippen LogP) is 1.50. The molecule has 1 aliphatic rings. The molecule has 3 nitrogen and oxygen atoms in total. The van der Waals surface area contributed by atoms with Crippen LogP contribution in [-0.4, -0.2) is 48.4 Å². The first-order valence-electron chi connectivity index (χ1n) is 4.68. The first kappa shape index (κ1) is 12.6. The highest BCUT2D eigenvalue weighted by atomic mass is 35.5. The van der Waals surface area contributed by atoms with Gasteiger partial charge in [0.05, 0.1) is 19.2 Å². The van der Waals surface area contributed by atoms with Gasteiger partial charge in [-0.2, -0.15) is 0 Å². The van der Waals surface area contributed by atoms with Crippen LogP contribution in [0.5, 0.6) is 0 Å². The molecular formula is C9H14ClF2NO2. The van der Waals surface area contributed by atoms with Crippen molar-refractivity contribution < 1.29 is 18.3 Å². The van der Waals surface area contributed by atoms with Crippen LogP contribution in [0.3, 0.4) is 0 Å². The van der Waals surface area contributed by atoms with Crippen molar-refractivity contribution in [3.63, 3.8) is 0 Å². The lowest BCUT2D eigenvalue weighted by Crippen LogP contribution is -2.42. The van der Waals surface area contributed by atoms with Gasteiger partial charge >= 0.3 is 0 Å². The minimum Gasteiger partial charge on any atom is -0.383 e. The summed E-state index contributed by atoms with van der Waals surface area (Å²) in [4.78, 5) is 12.6. The lowest BCUT2D eigenvalue weighted by Gasteiger charge is -2.24. The van der Waals surface area contributed by atoms with Crippen LogP contribution < -0.4 is 0 Å². The Balaban J connectivity index is 2.72. The van der Waals surface area contributed by atoms with Gasteiger partial charge in [0, 0.05) is 13.5 Å². The molecule has 1 aliphatic heterocycles. The van der Waals surface area contributed by atoms with Gasteiger partial charge in [0.1, 0.15) is 5.38 Å². The van der Waals surface area contributed by atoms with Gasteiger partial charge in [-0.25, -0.2) is 8.78 Å². The van der Waals surface area contributed by atoms with Crippen LogP contribution in [0.1, 0.15) is 13.3 Å². The van der Waals surface area contributed by atoms with Crippen molar-refractivity contribution in [2.75, 3.05) is 20.3 Å². The summed E-state index contributed by atoms with van der Waals surface area (Å²) >= 11 is 5.59. The van der Waals surface area contributed by atoms with Gasteiger partial charge in [-0.05, 0) is 6.92 Å². The van der Waals surface area contributed by atoms with Crippen LogP contribution in [0.2, 0.25) is 0 Å². The number of hydrogen-bond acceptors (Lipinski definition) is 2. The van der Waals surface area contributed by atoms with E-state index < -0.39 is 29.8 Å². The average Bonchev–Trinajstić information content (AvgIpc) is 2.40. The van der Waals surface area contributed by atoms with E-state index in [1.165, 1.54) is 14.0 Å². The minimum atomic E-state index is -2.83. The van der Waals surface area contributed by atoms with Crippen molar-refractivity contribution >= 4 is 17.5 Å². The zero-order valence-electron chi connectivity index (χ0n) is 8.67. The molecule has 0 aromatic carbocycles. The van der Waals surface area contributed by atoms with Crippen LogP contribution in [0.4, 0.5) is 8.78 Å². The average molecular weight is 242 g/mol. The first-order valence-corrected chi connectivity index (χ1v) is 5.12. The maximum Gasteiger partial charge on any atom is 0.267 e. The Hall–Kier alpha value is -0.420. The highest BCUT2D eigenvalue weighted by Crippen LogP contribution is 2.32. The fourth-order valence-electron chi connectivity index (χ4n) is 1.73. The molecule has 0 radical (unpaired) electrons. The van der Waals surface area contributed by atoms with Crippen molar-refractivity contribution in [3.05, 3.63) is 0 Å². The van der Waals surface area contributed by atoms with Gasteiger partial charge in [0.25, 0.3) is 5.92 Å². The van der Waals surface area contributed by atoms with Crippen LogP contribution in [0.25, 0.3) is 0 Å². The molecule has 0 aromatic rings. The maximum atomic E-state index is 13.1. The third-order valence-corrected chi connectivity index (χ3v) is 2.55. The normalized spacial score (nSPS) is 26.7. The van der Waals surface area contributed by atoms with Crippen molar-refractivity contribution in [2.24, 2.45) is 0 Å². The Morgan fingerprint density at radius 1 is 1.73 bits per heavy atom. The fourth-order valence-corrected chi connectivity index (χ4v) is 1.85. The third kappa shape index (κ3) is 3.01. The van der Waals surface area contributed by atoms with Gasteiger partial charge in [0.15, 0.2) is 0 Å². The van der Waals surface area contributed by atoms with Crippen molar-refractivity contribution in [3.8, 4) is 0 Å². The fraction of sp³-hybridized carbons (Fsp3) is 0.889. The van der Waals surface area contributed by atoms with Gasteiger partial charge < -0.3 is 9.64 Å². The molecule has 15 heavy (non-hydrogen) atoms. The summed E-state index contributed by atoms with van der Waals surface area (Å²) in [5.41, 5.74) is 0. The number of ether oxygens (including phenoxy) is 1. The van der Waals surface area contributed by atoms with E-state index in [4.69, 9.17) is 16.3 Å². The summed E-state index contributed by atoms with van der Waals surface area (Å²) in [7, 11) is 1.42. The van der Waals surface area contributed by atoms with Crippen LogP contribution >= 0.6 is 11.6 Å². The summed E-state index contributed by atoms with van der Waals surface area (Å²) in [6.07, 6.45) is -0.351. The molecule has 1 amide bonds.